The van der Waals surface area contributed by atoms with Gasteiger partial charge in [-0.2, -0.15) is 0 Å². The van der Waals surface area contributed by atoms with Crippen LogP contribution in [0.1, 0.15) is 18.8 Å². The van der Waals surface area contributed by atoms with Crippen LogP contribution in [0.15, 0.2) is 33.3 Å². The lowest BCUT2D eigenvalue weighted by atomic mass is 10.1. The molecule has 3 nitrogen and oxygen atoms in total. The van der Waals surface area contributed by atoms with E-state index in [1.54, 1.807) is 25.1 Å². The van der Waals surface area contributed by atoms with Crippen LogP contribution in [0.2, 0.25) is 0 Å². The summed E-state index contributed by atoms with van der Waals surface area (Å²) in [5, 5.41) is 13.1. The number of aromatic nitrogens is 1. The third-order valence-corrected chi connectivity index (χ3v) is 2.76. The van der Waals surface area contributed by atoms with Crippen molar-refractivity contribution in [2.45, 2.75) is 13.0 Å². The molecule has 2 rings (SSSR count). The molecule has 1 unspecified atom stereocenters. The van der Waals surface area contributed by atoms with Crippen LogP contribution in [0.3, 0.4) is 0 Å². The molecule has 5 heteroatoms. The fraction of sp³-hybridized carbons (Fsp3) is 0.182. The Balaban J connectivity index is 2.39. The standard InChI is InChI=1S/C11H9BrFNO2/c1-6(15)11-5-10(14-16-11)7-2-3-9(13)8(12)4-7/h2-6,15H,1H3. The second-order valence-corrected chi connectivity index (χ2v) is 4.27. The van der Waals surface area contributed by atoms with Gasteiger partial charge in [-0.3, -0.25) is 0 Å². The molecular formula is C11H9BrFNO2. The van der Waals surface area contributed by atoms with Crippen molar-refractivity contribution in [3.8, 4) is 11.3 Å². The minimum Gasteiger partial charge on any atom is -0.385 e. The summed E-state index contributed by atoms with van der Waals surface area (Å²) in [6.07, 6.45) is -0.704. The van der Waals surface area contributed by atoms with Gasteiger partial charge in [-0.25, -0.2) is 4.39 Å². The molecule has 0 spiro atoms. The average Bonchev–Trinajstić information content (AvgIpc) is 2.71. The Morgan fingerprint density at radius 1 is 1.44 bits per heavy atom. The lowest BCUT2D eigenvalue weighted by Crippen LogP contribution is -1.85. The van der Waals surface area contributed by atoms with Crippen LogP contribution < -0.4 is 0 Å². The molecule has 84 valence electrons. The van der Waals surface area contributed by atoms with Gasteiger partial charge in [-0.1, -0.05) is 5.16 Å². The van der Waals surface area contributed by atoms with Gasteiger partial charge in [-0.15, -0.1) is 0 Å². The maximum absolute atomic E-state index is 13.0. The zero-order valence-corrected chi connectivity index (χ0v) is 10.0. The van der Waals surface area contributed by atoms with Gasteiger partial charge < -0.3 is 9.63 Å². The molecule has 1 atom stereocenters. The van der Waals surface area contributed by atoms with E-state index >= 15 is 0 Å². The van der Waals surface area contributed by atoms with E-state index in [9.17, 15) is 9.50 Å². The minimum absolute atomic E-state index is 0.331. The number of benzene rings is 1. The number of rotatable bonds is 2. The lowest BCUT2D eigenvalue weighted by Gasteiger charge is -1.97. The van der Waals surface area contributed by atoms with Gasteiger partial charge in [0.05, 0.1) is 4.47 Å². The molecule has 16 heavy (non-hydrogen) atoms. The summed E-state index contributed by atoms with van der Waals surface area (Å²) >= 11 is 3.10. The highest BCUT2D eigenvalue weighted by atomic mass is 79.9. The van der Waals surface area contributed by atoms with Crippen molar-refractivity contribution in [1.82, 2.24) is 5.16 Å². The monoisotopic (exact) mass is 285 g/mol. The van der Waals surface area contributed by atoms with Crippen molar-refractivity contribution in [3.63, 3.8) is 0 Å². The molecule has 0 saturated carbocycles. The van der Waals surface area contributed by atoms with Gasteiger partial charge in [0.2, 0.25) is 0 Å². The van der Waals surface area contributed by atoms with E-state index in [4.69, 9.17) is 4.52 Å². The third-order valence-electron chi connectivity index (χ3n) is 2.16. The number of hydrogen-bond acceptors (Lipinski definition) is 3. The first-order valence-corrected chi connectivity index (χ1v) is 5.47. The number of aliphatic hydroxyl groups is 1. The molecule has 2 aromatic rings. The van der Waals surface area contributed by atoms with Gasteiger partial charge in [0.25, 0.3) is 0 Å². The van der Waals surface area contributed by atoms with Crippen LogP contribution >= 0.6 is 15.9 Å². The first kappa shape index (κ1) is 11.3. The average molecular weight is 286 g/mol. The Morgan fingerprint density at radius 3 is 2.75 bits per heavy atom. The summed E-state index contributed by atoms with van der Waals surface area (Å²) in [6, 6.07) is 6.18. The first-order chi connectivity index (χ1) is 7.58. The summed E-state index contributed by atoms with van der Waals surface area (Å²) in [4.78, 5) is 0. The summed E-state index contributed by atoms with van der Waals surface area (Å²) in [6.45, 7) is 1.59. The van der Waals surface area contributed by atoms with E-state index in [-0.39, 0.29) is 5.82 Å². The quantitative estimate of drug-likeness (QED) is 0.921. The summed E-state index contributed by atoms with van der Waals surface area (Å²) < 4.78 is 18.3. The number of aliphatic hydroxyl groups excluding tert-OH is 1. The Labute approximate surface area is 100 Å². The summed E-state index contributed by atoms with van der Waals surface area (Å²) in [5.74, 6) is 0.0541. The van der Waals surface area contributed by atoms with Crippen LogP contribution in [0, 0.1) is 5.82 Å². The van der Waals surface area contributed by atoms with E-state index in [1.165, 1.54) is 6.07 Å². The van der Waals surface area contributed by atoms with Crippen LogP contribution in [0.5, 0.6) is 0 Å². The zero-order valence-electron chi connectivity index (χ0n) is 8.45. The Bertz CT molecular complexity index is 510. The molecule has 1 aromatic heterocycles. The van der Waals surface area contributed by atoms with E-state index in [0.717, 1.165) is 5.56 Å². The fourth-order valence-corrected chi connectivity index (χ4v) is 1.66. The Hall–Kier alpha value is -1.20. The first-order valence-electron chi connectivity index (χ1n) is 4.68. The second kappa shape index (κ2) is 4.35. The number of hydrogen-bond donors (Lipinski definition) is 1. The van der Waals surface area contributed by atoms with Gasteiger partial charge in [0.15, 0.2) is 5.76 Å². The number of nitrogens with zero attached hydrogens (tertiary/aromatic N) is 1. The van der Waals surface area contributed by atoms with Crippen LogP contribution in [-0.4, -0.2) is 10.3 Å². The topological polar surface area (TPSA) is 46.3 Å². The summed E-state index contributed by atoms with van der Waals surface area (Å²) in [7, 11) is 0. The summed E-state index contributed by atoms with van der Waals surface area (Å²) in [5.41, 5.74) is 1.29. The smallest absolute Gasteiger partial charge is 0.165 e. The lowest BCUT2D eigenvalue weighted by molar-refractivity contribution is 0.158. The highest BCUT2D eigenvalue weighted by molar-refractivity contribution is 9.10. The zero-order chi connectivity index (χ0) is 11.7. The van der Waals surface area contributed by atoms with Crippen LogP contribution in [-0.2, 0) is 0 Å². The maximum Gasteiger partial charge on any atom is 0.165 e. The Kier molecular flexibility index (Phi) is 3.07. The van der Waals surface area contributed by atoms with Crippen LogP contribution in [0.25, 0.3) is 11.3 Å². The van der Waals surface area contributed by atoms with Gasteiger partial charge in [0.1, 0.15) is 17.6 Å². The van der Waals surface area contributed by atoms with E-state index in [2.05, 4.69) is 21.1 Å². The van der Waals surface area contributed by atoms with Crippen molar-refractivity contribution in [2.75, 3.05) is 0 Å². The van der Waals surface area contributed by atoms with Gasteiger partial charge in [-0.05, 0) is 41.1 Å². The highest BCUT2D eigenvalue weighted by Crippen LogP contribution is 2.26. The van der Waals surface area contributed by atoms with E-state index < -0.39 is 6.10 Å². The molecule has 0 bridgehead atoms. The van der Waals surface area contributed by atoms with Gasteiger partial charge >= 0.3 is 0 Å². The second-order valence-electron chi connectivity index (χ2n) is 3.42. The van der Waals surface area contributed by atoms with Crippen molar-refractivity contribution in [3.05, 3.63) is 40.3 Å². The normalized spacial score (nSPS) is 12.8. The fourth-order valence-electron chi connectivity index (χ4n) is 1.28. The number of halogens is 2. The third kappa shape index (κ3) is 2.15. The predicted molar refractivity (Wildman–Crippen MR) is 60.2 cm³/mol. The molecule has 0 aliphatic heterocycles. The molecule has 1 aromatic carbocycles. The van der Waals surface area contributed by atoms with Crippen molar-refractivity contribution in [1.29, 1.82) is 0 Å². The molecule has 0 radical (unpaired) electrons. The molecule has 0 fully saturated rings. The molecule has 0 amide bonds. The molecule has 0 aliphatic carbocycles. The largest absolute Gasteiger partial charge is 0.385 e. The van der Waals surface area contributed by atoms with E-state index in [0.29, 0.717) is 15.9 Å². The predicted octanol–water partition coefficient (Wildman–Crippen LogP) is 3.30. The molecule has 0 aliphatic rings. The van der Waals surface area contributed by atoms with Crippen molar-refractivity contribution >= 4 is 15.9 Å². The molecule has 1 N–H and O–H groups in total. The molecule has 1 heterocycles. The minimum atomic E-state index is -0.704. The van der Waals surface area contributed by atoms with Crippen LogP contribution in [0.4, 0.5) is 4.39 Å². The van der Waals surface area contributed by atoms with Crippen molar-refractivity contribution in [2.24, 2.45) is 0 Å². The SMILES string of the molecule is CC(O)c1cc(-c2ccc(F)c(Br)c2)no1. The Morgan fingerprint density at radius 2 is 2.19 bits per heavy atom. The highest BCUT2D eigenvalue weighted by Gasteiger charge is 2.11. The molecular weight excluding hydrogens is 277 g/mol. The van der Waals surface area contributed by atoms with Crippen molar-refractivity contribution < 1.29 is 14.0 Å². The van der Waals surface area contributed by atoms with Gasteiger partial charge in [0, 0.05) is 11.6 Å². The molecule has 0 saturated heterocycles. The maximum atomic E-state index is 13.0. The van der Waals surface area contributed by atoms with E-state index in [1.807, 2.05) is 0 Å².